The number of esters is 1. The minimum absolute atomic E-state index is 0.403. The second-order valence-corrected chi connectivity index (χ2v) is 14.5. The maximum absolute atomic E-state index is 13.3. The Hall–Kier alpha value is -5.81. The Morgan fingerprint density at radius 3 is 1.96 bits per heavy atom. The van der Waals surface area contributed by atoms with Gasteiger partial charge in [-0.3, -0.25) is 0 Å². The van der Waals surface area contributed by atoms with Crippen LogP contribution in [0.15, 0.2) is 127 Å². The lowest BCUT2D eigenvalue weighted by atomic mass is 9.82. The fraction of sp³-hybridized carbons (Fsp3) is 0.245. The number of unbranched alkanes of at least 4 members (excludes halogenated alkanes) is 2. The first-order valence-electron chi connectivity index (χ1n) is 19.3. The van der Waals surface area contributed by atoms with Crippen LogP contribution in [-0.4, -0.2) is 33.3 Å². The third kappa shape index (κ3) is 6.75. The van der Waals surface area contributed by atoms with Gasteiger partial charge in [0.2, 0.25) is 0 Å². The molecule has 8 rings (SSSR count). The minimum atomic E-state index is -0.952. The number of aryl methyl sites for hydroxylation is 1. The molecule has 2 heterocycles. The number of anilines is 1. The van der Waals surface area contributed by atoms with E-state index in [-0.39, 0.29) is 0 Å². The van der Waals surface area contributed by atoms with Crippen LogP contribution in [0.3, 0.4) is 0 Å². The van der Waals surface area contributed by atoms with Gasteiger partial charge in [-0.25, -0.2) is 4.79 Å². The van der Waals surface area contributed by atoms with Gasteiger partial charge in [-0.05, 0) is 107 Å². The molecule has 0 spiro atoms. The van der Waals surface area contributed by atoms with Crippen molar-refractivity contribution in [3.8, 4) is 33.8 Å². The molecule has 0 amide bonds. The normalized spacial score (nSPS) is 16.2. The molecule has 0 saturated carbocycles. The van der Waals surface area contributed by atoms with E-state index in [2.05, 4.69) is 121 Å². The molecule has 0 bridgehead atoms. The molecule has 0 N–H and O–H groups in total. The number of benzene rings is 6. The predicted octanol–water partition coefficient (Wildman–Crippen LogP) is 11.7. The number of ether oxygens (including phenoxy) is 3. The van der Waals surface area contributed by atoms with E-state index >= 15 is 0 Å². The lowest BCUT2D eigenvalue weighted by Gasteiger charge is -2.37. The highest BCUT2D eigenvalue weighted by Crippen LogP contribution is 2.47. The monoisotopic (exact) mass is 713 g/mol. The van der Waals surface area contributed by atoms with Crippen LogP contribution in [0.5, 0.6) is 11.5 Å². The summed E-state index contributed by atoms with van der Waals surface area (Å²) in [4.78, 5) is 15.8. The van der Waals surface area contributed by atoms with Crippen LogP contribution in [0.25, 0.3) is 39.1 Å². The Kier molecular flexibility index (Phi) is 9.97. The summed E-state index contributed by atoms with van der Waals surface area (Å²) in [6.45, 7) is 4.40. The average molecular weight is 714 g/mol. The second-order valence-electron chi connectivity index (χ2n) is 14.5. The minimum Gasteiger partial charge on any atom is -0.497 e. The molecule has 1 atom stereocenters. The van der Waals surface area contributed by atoms with Crippen molar-refractivity contribution in [2.45, 2.75) is 51.0 Å². The first kappa shape index (κ1) is 35.2. The Labute approximate surface area is 318 Å². The molecular formula is C49H47NO4. The van der Waals surface area contributed by atoms with Gasteiger partial charge in [0, 0.05) is 40.9 Å². The smallest absolute Gasteiger partial charge is 0.338 e. The van der Waals surface area contributed by atoms with Crippen LogP contribution < -0.4 is 14.4 Å². The molecule has 1 saturated heterocycles. The fourth-order valence-corrected chi connectivity index (χ4v) is 8.03. The van der Waals surface area contributed by atoms with Gasteiger partial charge in [0.05, 0.1) is 19.8 Å². The van der Waals surface area contributed by atoms with Crippen LogP contribution in [0.2, 0.25) is 0 Å². The Balaban J connectivity index is 1.17. The first-order valence-corrected chi connectivity index (χ1v) is 19.3. The molecule has 0 radical (unpaired) electrons. The highest BCUT2D eigenvalue weighted by molar-refractivity contribution is 6.05. The maximum Gasteiger partial charge on any atom is 0.338 e. The predicted molar refractivity (Wildman–Crippen MR) is 221 cm³/mol. The molecule has 2 aliphatic heterocycles. The molecule has 0 aromatic heterocycles. The first-order chi connectivity index (χ1) is 26.5. The summed E-state index contributed by atoms with van der Waals surface area (Å²) in [5.41, 5.74) is 9.34. The average Bonchev–Trinajstić information content (AvgIpc) is 3.79. The van der Waals surface area contributed by atoms with Gasteiger partial charge in [0.1, 0.15) is 11.5 Å². The van der Waals surface area contributed by atoms with Gasteiger partial charge in [0.25, 0.3) is 0 Å². The fourth-order valence-electron chi connectivity index (χ4n) is 8.03. The summed E-state index contributed by atoms with van der Waals surface area (Å²) in [5.74, 6) is 1.02. The zero-order chi connectivity index (χ0) is 37.1. The van der Waals surface area contributed by atoms with E-state index in [9.17, 15) is 4.79 Å². The molecular weight excluding hydrogens is 667 g/mol. The van der Waals surface area contributed by atoms with Crippen molar-refractivity contribution in [2.24, 2.45) is 0 Å². The summed E-state index contributed by atoms with van der Waals surface area (Å²) in [5, 5.41) is 1.82. The summed E-state index contributed by atoms with van der Waals surface area (Å²) >= 11 is 0. The van der Waals surface area contributed by atoms with Crippen LogP contribution >= 0.6 is 0 Å². The third-order valence-corrected chi connectivity index (χ3v) is 11.1. The highest BCUT2D eigenvalue weighted by Gasteiger charge is 2.39. The standard InChI is InChI=1S/C49H47NO4/c1-4-5-6-9-34-10-12-35(13-11-34)36-14-16-37(17-15-36)38-18-27-44-39(32-38)33-46(48(51)53-3)45-28-29-49(54-47(44)45,41-21-25-43(52-2)26-22-41)40-19-23-42(24-20-40)50-30-7-8-31-50/h10-29,32-33H,4-9,30-31H2,1-3H3. The van der Waals surface area contributed by atoms with E-state index in [1.165, 1.54) is 61.6 Å². The number of carbonyl (C=O) groups is 1. The lowest BCUT2D eigenvalue weighted by Crippen LogP contribution is -2.34. The number of hydrogen-bond acceptors (Lipinski definition) is 5. The molecule has 54 heavy (non-hydrogen) atoms. The van der Waals surface area contributed by atoms with Crippen molar-refractivity contribution in [1.29, 1.82) is 0 Å². The van der Waals surface area contributed by atoms with Gasteiger partial charge >= 0.3 is 5.97 Å². The zero-order valence-corrected chi connectivity index (χ0v) is 31.4. The van der Waals surface area contributed by atoms with Crippen molar-refractivity contribution in [1.82, 2.24) is 0 Å². The van der Waals surface area contributed by atoms with Gasteiger partial charge in [-0.15, -0.1) is 0 Å². The molecule has 1 fully saturated rings. The summed E-state index contributed by atoms with van der Waals surface area (Å²) in [6, 6.07) is 42.8. The molecule has 6 aromatic rings. The quantitative estimate of drug-likeness (QED) is 0.0988. The van der Waals surface area contributed by atoms with Crippen LogP contribution in [-0.2, 0) is 16.8 Å². The lowest BCUT2D eigenvalue weighted by molar-refractivity contribution is 0.0599. The van der Waals surface area contributed by atoms with E-state index in [1.807, 2.05) is 24.3 Å². The van der Waals surface area contributed by atoms with Crippen molar-refractivity contribution < 1.29 is 19.0 Å². The largest absolute Gasteiger partial charge is 0.497 e. The number of nitrogens with zero attached hydrogens (tertiary/aromatic N) is 1. The topological polar surface area (TPSA) is 48.0 Å². The Morgan fingerprint density at radius 1 is 0.722 bits per heavy atom. The van der Waals surface area contributed by atoms with E-state index in [1.54, 1.807) is 7.11 Å². The number of fused-ring (bicyclic) bond motifs is 3. The summed E-state index contributed by atoms with van der Waals surface area (Å²) < 4.78 is 18.1. The Bertz CT molecular complexity index is 2280. The van der Waals surface area contributed by atoms with Crippen LogP contribution in [0.1, 0.15) is 71.6 Å². The Morgan fingerprint density at radius 2 is 1.33 bits per heavy atom. The molecule has 5 heteroatoms. The summed E-state index contributed by atoms with van der Waals surface area (Å²) in [7, 11) is 3.10. The third-order valence-electron chi connectivity index (χ3n) is 11.1. The highest BCUT2D eigenvalue weighted by atomic mass is 16.5. The SMILES string of the molecule is CCCCCc1ccc(-c2ccc(-c3ccc4c5c(c(C(=O)OC)cc4c3)C=CC(c3ccc(OC)cc3)(c3ccc(N4CCCC4)cc3)O5)cc2)cc1. The number of rotatable bonds is 11. The van der Waals surface area contributed by atoms with Crippen molar-refractivity contribution >= 4 is 28.5 Å². The maximum atomic E-state index is 13.3. The molecule has 6 aromatic carbocycles. The summed E-state index contributed by atoms with van der Waals surface area (Å²) in [6.07, 6.45) is 11.4. The molecule has 2 aliphatic rings. The zero-order valence-electron chi connectivity index (χ0n) is 31.4. The van der Waals surface area contributed by atoms with Crippen molar-refractivity contribution in [3.05, 3.63) is 155 Å². The van der Waals surface area contributed by atoms with Crippen molar-refractivity contribution in [2.75, 3.05) is 32.2 Å². The van der Waals surface area contributed by atoms with Crippen molar-refractivity contribution in [3.63, 3.8) is 0 Å². The molecule has 5 nitrogen and oxygen atoms in total. The van der Waals surface area contributed by atoms with Gasteiger partial charge < -0.3 is 19.1 Å². The van der Waals surface area contributed by atoms with Gasteiger partial charge in [0.15, 0.2) is 5.60 Å². The molecule has 272 valence electrons. The number of hydrogen-bond donors (Lipinski definition) is 0. The number of carbonyl (C=O) groups excluding carboxylic acids is 1. The van der Waals surface area contributed by atoms with Gasteiger partial charge in [-0.1, -0.05) is 105 Å². The molecule has 1 unspecified atom stereocenters. The second kappa shape index (κ2) is 15.3. The van der Waals surface area contributed by atoms with E-state index in [4.69, 9.17) is 14.2 Å². The molecule has 0 aliphatic carbocycles. The van der Waals surface area contributed by atoms with Crippen LogP contribution in [0, 0.1) is 0 Å². The van der Waals surface area contributed by atoms with Crippen LogP contribution in [0.4, 0.5) is 5.69 Å². The van der Waals surface area contributed by atoms with E-state index in [0.29, 0.717) is 16.9 Å². The number of methoxy groups -OCH3 is 2. The van der Waals surface area contributed by atoms with E-state index < -0.39 is 11.6 Å². The van der Waals surface area contributed by atoms with Gasteiger partial charge in [-0.2, -0.15) is 0 Å². The van der Waals surface area contributed by atoms with E-state index in [0.717, 1.165) is 58.3 Å².